The number of aromatic amines is 1. The number of hydrogen-bond acceptors (Lipinski definition) is 9. The fourth-order valence-electron chi connectivity index (χ4n) is 4.18. The lowest BCUT2D eigenvalue weighted by Gasteiger charge is -2.23. The van der Waals surface area contributed by atoms with Crippen LogP contribution in [0.3, 0.4) is 0 Å². The van der Waals surface area contributed by atoms with Crippen LogP contribution >= 0.6 is 0 Å². The molecule has 0 radical (unpaired) electrons. The normalized spacial score (nSPS) is 14.1. The van der Waals surface area contributed by atoms with E-state index in [0.717, 1.165) is 61.2 Å². The van der Waals surface area contributed by atoms with E-state index in [9.17, 15) is 4.79 Å². The number of hydrogen-bond donors (Lipinski definition) is 4. The van der Waals surface area contributed by atoms with Gasteiger partial charge in [-0.05, 0) is 49.9 Å². The molecule has 1 aromatic carbocycles. The number of ether oxygens (including phenoxy) is 1. The predicted molar refractivity (Wildman–Crippen MR) is 131 cm³/mol. The van der Waals surface area contributed by atoms with Crippen molar-refractivity contribution in [1.29, 1.82) is 0 Å². The summed E-state index contributed by atoms with van der Waals surface area (Å²) < 4.78 is 5.82. The summed E-state index contributed by atoms with van der Waals surface area (Å²) in [5.41, 5.74) is 1.58. The van der Waals surface area contributed by atoms with Gasteiger partial charge in [0.25, 0.3) is 0 Å². The van der Waals surface area contributed by atoms with Crippen LogP contribution in [0.15, 0.2) is 30.5 Å². The second-order valence-electron chi connectivity index (χ2n) is 8.66. The highest BCUT2D eigenvalue weighted by atomic mass is 16.7. The Balaban J connectivity index is 1.27. The maximum atomic E-state index is 11.0. The van der Waals surface area contributed by atoms with E-state index in [2.05, 4.69) is 30.7 Å². The first-order valence-corrected chi connectivity index (χ1v) is 12.1. The van der Waals surface area contributed by atoms with Crippen LogP contribution in [0.25, 0.3) is 11.0 Å². The Morgan fingerprint density at radius 3 is 2.65 bits per heavy atom. The minimum atomic E-state index is -0.364. The molecule has 2 heterocycles. The fourth-order valence-corrected chi connectivity index (χ4v) is 4.18. The maximum Gasteiger partial charge on any atom is 0.324 e. The van der Waals surface area contributed by atoms with Gasteiger partial charge in [0.05, 0.1) is 18.2 Å². The van der Waals surface area contributed by atoms with Crippen LogP contribution in [-0.4, -0.2) is 38.8 Å². The van der Waals surface area contributed by atoms with E-state index in [1.54, 1.807) is 6.20 Å². The third-order valence-electron chi connectivity index (χ3n) is 6.04. The molecule has 5 N–H and O–H groups in total. The Morgan fingerprint density at radius 2 is 1.85 bits per heavy atom. The van der Waals surface area contributed by atoms with E-state index in [1.807, 2.05) is 24.3 Å². The summed E-state index contributed by atoms with van der Waals surface area (Å²) in [6.07, 6.45) is 11.9. The van der Waals surface area contributed by atoms with E-state index in [4.69, 9.17) is 15.6 Å². The van der Waals surface area contributed by atoms with E-state index in [0.29, 0.717) is 30.7 Å². The number of H-pyrrole nitrogens is 1. The zero-order chi connectivity index (χ0) is 23.6. The standard InChI is InChI=1S/C24H33N7O3/c25-34-21(32)10-6-1-2-7-15-33-19-13-11-18(12-14-19)28-24-29-22(20-16-26-31-23(20)30-24)27-17-8-4-3-5-9-17/h11-14,16-17H,1-10,15,25H2,(H3,26,27,28,29,30,31). The molecule has 2 aromatic heterocycles. The highest BCUT2D eigenvalue weighted by Crippen LogP contribution is 2.27. The number of unbranched alkanes of at least 4 members (excludes halogenated alkanes) is 3. The molecular weight excluding hydrogens is 434 g/mol. The summed E-state index contributed by atoms with van der Waals surface area (Å²) in [4.78, 5) is 24.4. The summed E-state index contributed by atoms with van der Waals surface area (Å²) >= 11 is 0. The average Bonchev–Trinajstić information content (AvgIpc) is 3.34. The predicted octanol–water partition coefficient (Wildman–Crippen LogP) is 4.59. The first-order chi connectivity index (χ1) is 16.7. The largest absolute Gasteiger partial charge is 0.494 e. The van der Waals surface area contributed by atoms with Crippen LogP contribution < -0.4 is 21.3 Å². The molecule has 1 saturated carbocycles. The Hall–Kier alpha value is -3.40. The van der Waals surface area contributed by atoms with Gasteiger partial charge in [-0.2, -0.15) is 21.0 Å². The third-order valence-corrected chi connectivity index (χ3v) is 6.04. The van der Waals surface area contributed by atoms with Crippen molar-refractivity contribution in [3.8, 4) is 5.75 Å². The number of carbonyl (C=O) groups excluding carboxylic acids is 1. The van der Waals surface area contributed by atoms with E-state index in [1.165, 1.54) is 19.3 Å². The second-order valence-corrected chi connectivity index (χ2v) is 8.66. The number of carbonyl (C=O) groups is 1. The van der Waals surface area contributed by atoms with E-state index in [-0.39, 0.29) is 5.97 Å². The number of anilines is 3. The molecule has 4 rings (SSSR count). The minimum absolute atomic E-state index is 0.362. The number of nitrogens with two attached hydrogens (primary N) is 1. The van der Waals surface area contributed by atoms with Crippen molar-refractivity contribution >= 4 is 34.5 Å². The molecule has 0 atom stereocenters. The highest BCUT2D eigenvalue weighted by Gasteiger charge is 2.17. The molecule has 0 bridgehead atoms. The monoisotopic (exact) mass is 467 g/mol. The van der Waals surface area contributed by atoms with Crippen molar-refractivity contribution in [3.05, 3.63) is 30.5 Å². The third kappa shape index (κ3) is 6.80. The van der Waals surface area contributed by atoms with E-state index < -0.39 is 0 Å². The lowest BCUT2D eigenvalue weighted by Crippen LogP contribution is -2.23. The van der Waals surface area contributed by atoms with Gasteiger partial charge in [0.2, 0.25) is 5.95 Å². The molecule has 34 heavy (non-hydrogen) atoms. The number of nitrogens with zero attached hydrogens (tertiary/aromatic N) is 3. The summed E-state index contributed by atoms with van der Waals surface area (Å²) in [5, 5.41) is 14.9. The van der Waals surface area contributed by atoms with E-state index >= 15 is 0 Å². The topological polar surface area (TPSA) is 140 Å². The number of nitrogens with one attached hydrogen (secondary N) is 3. The van der Waals surface area contributed by atoms with Crippen LogP contribution in [0.2, 0.25) is 0 Å². The Labute approximate surface area is 199 Å². The quantitative estimate of drug-likeness (QED) is 0.222. The average molecular weight is 468 g/mol. The van der Waals surface area contributed by atoms with Gasteiger partial charge >= 0.3 is 5.97 Å². The highest BCUT2D eigenvalue weighted by molar-refractivity contribution is 5.87. The summed E-state index contributed by atoms with van der Waals surface area (Å²) in [5.74, 6) is 6.60. The van der Waals surface area contributed by atoms with Crippen LogP contribution in [-0.2, 0) is 9.63 Å². The van der Waals surface area contributed by atoms with Crippen molar-refractivity contribution in [2.75, 3.05) is 17.2 Å². The van der Waals surface area contributed by atoms with Crippen molar-refractivity contribution in [2.45, 2.75) is 70.3 Å². The van der Waals surface area contributed by atoms with Gasteiger partial charge in [0.15, 0.2) is 5.65 Å². The van der Waals surface area contributed by atoms with Crippen LogP contribution in [0.5, 0.6) is 5.75 Å². The van der Waals surface area contributed by atoms with Gasteiger partial charge in [-0.1, -0.05) is 32.1 Å². The fraction of sp³-hybridized carbons (Fsp3) is 0.500. The second kappa shape index (κ2) is 12.2. The summed E-state index contributed by atoms with van der Waals surface area (Å²) in [7, 11) is 0. The molecule has 3 aromatic rings. The van der Waals surface area contributed by atoms with Gasteiger partial charge in [0, 0.05) is 18.2 Å². The summed E-state index contributed by atoms with van der Waals surface area (Å²) in [6, 6.07) is 8.18. The molecule has 0 amide bonds. The Bertz CT molecular complexity index is 1050. The number of aromatic nitrogens is 4. The SMILES string of the molecule is NOC(=O)CCCCCCOc1ccc(Nc2nc(NC3CCCCC3)c3cn[nH]c3n2)cc1. The van der Waals surface area contributed by atoms with Crippen molar-refractivity contribution in [1.82, 2.24) is 20.2 Å². The zero-order valence-electron chi connectivity index (χ0n) is 19.4. The molecule has 1 aliphatic carbocycles. The van der Waals surface area contributed by atoms with Gasteiger partial charge < -0.3 is 20.2 Å². The number of rotatable bonds is 12. The number of benzene rings is 1. The van der Waals surface area contributed by atoms with Gasteiger partial charge in [-0.15, -0.1) is 0 Å². The molecule has 1 fully saturated rings. The van der Waals surface area contributed by atoms with Crippen LogP contribution in [0.4, 0.5) is 17.5 Å². The summed E-state index contributed by atoms with van der Waals surface area (Å²) in [6.45, 7) is 0.629. The maximum absolute atomic E-state index is 11.0. The first-order valence-electron chi connectivity index (χ1n) is 12.1. The Kier molecular flexibility index (Phi) is 8.50. The van der Waals surface area contributed by atoms with Crippen molar-refractivity contribution < 1.29 is 14.4 Å². The molecule has 0 aliphatic heterocycles. The van der Waals surface area contributed by atoms with Crippen molar-refractivity contribution in [3.63, 3.8) is 0 Å². The smallest absolute Gasteiger partial charge is 0.324 e. The number of fused-ring (bicyclic) bond motifs is 1. The Morgan fingerprint density at radius 1 is 1.06 bits per heavy atom. The van der Waals surface area contributed by atoms with Gasteiger partial charge in [-0.3, -0.25) is 9.89 Å². The lowest BCUT2D eigenvalue weighted by molar-refractivity contribution is -0.144. The van der Waals surface area contributed by atoms with Gasteiger partial charge in [0.1, 0.15) is 11.6 Å². The molecule has 1 aliphatic rings. The molecule has 0 unspecified atom stereocenters. The van der Waals surface area contributed by atoms with Crippen LogP contribution in [0, 0.1) is 0 Å². The van der Waals surface area contributed by atoms with Crippen LogP contribution in [0.1, 0.15) is 64.2 Å². The van der Waals surface area contributed by atoms with Gasteiger partial charge in [-0.25, -0.2) is 0 Å². The first kappa shape index (κ1) is 23.7. The molecular formula is C24H33N7O3. The zero-order valence-corrected chi connectivity index (χ0v) is 19.4. The molecule has 182 valence electrons. The van der Waals surface area contributed by atoms with Crippen molar-refractivity contribution in [2.24, 2.45) is 5.90 Å². The minimum Gasteiger partial charge on any atom is -0.494 e. The lowest BCUT2D eigenvalue weighted by atomic mass is 9.95. The molecule has 10 heteroatoms. The molecule has 0 spiro atoms. The molecule has 0 saturated heterocycles. The molecule has 10 nitrogen and oxygen atoms in total.